The third-order valence-corrected chi connectivity index (χ3v) is 4.46. The summed E-state index contributed by atoms with van der Waals surface area (Å²) < 4.78 is 5.10. The second-order valence-electron chi connectivity index (χ2n) is 6.99. The highest BCUT2D eigenvalue weighted by Gasteiger charge is 2.01. The van der Waals surface area contributed by atoms with E-state index in [1.807, 2.05) is 0 Å². The van der Waals surface area contributed by atoms with Gasteiger partial charge in [0, 0.05) is 13.0 Å². The Hall–Kier alpha value is -0.830. The Labute approximate surface area is 156 Å². The monoisotopic (exact) mass is 354 g/mol. The normalized spacial score (nSPS) is 11.3. The summed E-state index contributed by atoms with van der Waals surface area (Å²) in [5.41, 5.74) is 0. The van der Waals surface area contributed by atoms with E-state index in [4.69, 9.17) is 9.84 Å². The predicted molar refractivity (Wildman–Crippen MR) is 107 cm³/mol. The molecule has 0 aliphatic carbocycles. The molecule has 0 radical (unpaired) electrons. The van der Waals surface area contributed by atoms with E-state index < -0.39 is 0 Å². The molecule has 0 rings (SSSR count). The molecule has 0 aromatic rings. The van der Waals surface area contributed by atoms with Crippen molar-refractivity contribution in [1.29, 1.82) is 0 Å². The van der Waals surface area contributed by atoms with Crippen LogP contribution in [0.1, 0.15) is 110 Å². The molecule has 25 heavy (non-hydrogen) atoms. The van der Waals surface area contributed by atoms with Crippen LogP contribution in [0.3, 0.4) is 0 Å². The second-order valence-corrected chi connectivity index (χ2v) is 6.99. The summed E-state index contributed by atoms with van der Waals surface area (Å²) in [6, 6.07) is 0. The molecule has 0 aromatic heterocycles. The maximum Gasteiger partial charge on any atom is 0.305 e. The number of aliphatic hydroxyl groups excluding tert-OH is 1. The molecule has 0 bridgehead atoms. The molecule has 0 aromatic carbocycles. The summed E-state index contributed by atoms with van der Waals surface area (Å²) in [6.45, 7) is 2.88. The minimum Gasteiger partial charge on any atom is -0.466 e. The number of ether oxygens (including phenoxy) is 1. The van der Waals surface area contributed by atoms with Crippen LogP contribution in [-0.2, 0) is 9.53 Å². The summed E-state index contributed by atoms with van der Waals surface area (Å²) in [5, 5.41) is 8.64. The third-order valence-electron chi connectivity index (χ3n) is 4.46. The maximum atomic E-state index is 11.4. The van der Waals surface area contributed by atoms with Crippen LogP contribution in [0.4, 0.5) is 0 Å². The molecule has 0 heterocycles. The summed E-state index contributed by atoms with van der Waals surface area (Å²) in [7, 11) is 0. The zero-order chi connectivity index (χ0) is 18.4. The first kappa shape index (κ1) is 24.2. The number of esters is 1. The third kappa shape index (κ3) is 21.1. The molecule has 0 atom stereocenters. The lowest BCUT2D eigenvalue weighted by molar-refractivity contribution is -0.143. The average Bonchev–Trinajstić information content (AvgIpc) is 2.62. The molecule has 0 unspecified atom stereocenters. The molecule has 0 amide bonds. The van der Waals surface area contributed by atoms with Gasteiger partial charge in [-0.15, -0.1) is 0 Å². The standard InChI is InChI=1S/C22H42O3/c1-2-3-4-5-6-7-8-9-10-11-12-13-14-15-16-19-22(24)25-21-18-17-20-23/h9-10,23H,2-8,11-21H2,1H3/b10-9-. The lowest BCUT2D eigenvalue weighted by Gasteiger charge is -2.04. The van der Waals surface area contributed by atoms with Crippen LogP contribution in [-0.4, -0.2) is 24.3 Å². The zero-order valence-electron chi connectivity index (χ0n) is 16.6. The molecule has 3 heteroatoms. The van der Waals surface area contributed by atoms with Crippen LogP contribution < -0.4 is 0 Å². The van der Waals surface area contributed by atoms with Crippen LogP contribution in [0.5, 0.6) is 0 Å². The first-order chi connectivity index (χ1) is 12.3. The van der Waals surface area contributed by atoms with Crippen LogP contribution in [0.15, 0.2) is 12.2 Å². The number of aliphatic hydroxyl groups is 1. The van der Waals surface area contributed by atoms with Gasteiger partial charge in [0.2, 0.25) is 0 Å². The molecular weight excluding hydrogens is 312 g/mol. The van der Waals surface area contributed by atoms with E-state index >= 15 is 0 Å². The molecular formula is C22H42O3. The number of hydrogen-bond donors (Lipinski definition) is 1. The van der Waals surface area contributed by atoms with Crippen molar-refractivity contribution in [1.82, 2.24) is 0 Å². The Morgan fingerprint density at radius 1 is 0.760 bits per heavy atom. The summed E-state index contributed by atoms with van der Waals surface area (Å²) >= 11 is 0. The van der Waals surface area contributed by atoms with Crippen LogP contribution in [0.25, 0.3) is 0 Å². The number of hydrogen-bond acceptors (Lipinski definition) is 3. The fourth-order valence-electron chi connectivity index (χ4n) is 2.81. The summed E-state index contributed by atoms with van der Waals surface area (Å²) in [5.74, 6) is -0.0874. The fourth-order valence-corrected chi connectivity index (χ4v) is 2.81. The van der Waals surface area contributed by atoms with Gasteiger partial charge in [0.1, 0.15) is 0 Å². The largest absolute Gasteiger partial charge is 0.466 e. The number of rotatable bonds is 19. The molecule has 0 spiro atoms. The minimum atomic E-state index is -0.0874. The molecule has 0 aliphatic heterocycles. The Kier molecular flexibility index (Phi) is 20.5. The van der Waals surface area contributed by atoms with E-state index in [-0.39, 0.29) is 12.6 Å². The van der Waals surface area contributed by atoms with Crippen LogP contribution in [0.2, 0.25) is 0 Å². The zero-order valence-corrected chi connectivity index (χ0v) is 16.6. The van der Waals surface area contributed by atoms with E-state index in [1.165, 1.54) is 70.6 Å². The van der Waals surface area contributed by atoms with Gasteiger partial charge in [0.05, 0.1) is 6.61 Å². The van der Waals surface area contributed by atoms with Crippen LogP contribution in [0, 0.1) is 0 Å². The highest BCUT2D eigenvalue weighted by Crippen LogP contribution is 2.10. The molecule has 1 N–H and O–H groups in total. The quantitative estimate of drug-likeness (QED) is 0.167. The summed E-state index contributed by atoms with van der Waals surface area (Å²) in [6.07, 6.45) is 23.2. The van der Waals surface area contributed by atoms with Gasteiger partial charge in [0.25, 0.3) is 0 Å². The second kappa shape index (κ2) is 21.2. The van der Waals surface area contributed by atoms with Crippen molar-refractivity contribution in [3.05, 3.63) is 12.2 Å². The van der Waals surface area contributed by atoms with Gasteiger partial charge in [-0.1, -0.05) is 70.4 Å². The number of carbonyl (C=O) groups excluding carboxylic acids is 1. The smallest absolute Gasteiger partial charge is 0.305 e. The first-order valence-corrected chi connectivity index (χ1v) is 10.7. The van der Waals surface area contributed by atoms with Crippen molar-refractivity contribution >= 4 is 5.97 Å². The van der Waals surface area contributed by atoms with Gasteiger partial charge in [-0.05, 0) is 44.9 Å². The molecule has 0 saturated carbocycles. The van der Waals surface area contributed by atoms with E-state index in [0.717, 1.165) is 19.3 Å². The van der Waals surface area contributed by atoms with Gasteiger partial charge in [-0.2, -0.15) is 0 Å². The van der Waals surface area contributed by atoms with Crippen LogP contribution >= 0.6 is 0 Å². The highest BCUT2D eigenvalue weighted by atomic mass is 16.5. The van der Waals surface area contributed by atoms with E-state index in [1.54, 1.807) is 0 Å². The Bertz CT molecular complexity index is 300. The predicted octanol–water partition coefficient (Wildman–Crippen LogP) is 6.34. The van der Waals surface area contributed by atoms with Gasteiger partial charge in [-0.3, -0.25) is 4.79 Å². The molecule has 3 nitrogen and oxygen atoms in total. The Balaban J connectivity index is 3.17. The summed E-state index contributed by atoms with van der Waals surface area (Å²) in [4.78, 5) is 11.4. The van der Waals surface area contributed by atoms with Gasteiger partial charge < -0.3 is 9.84 Å². The number of unbranched alkanes of at least 4 members (excludes halogenated alkanes) is 12. The number of carbonyl (C=O) groups is 1. The lowest BCUT2D eigenvalue weighted by atomic mass is 10.1. The van der Waals surface area contributed by atoms with Crippen molar-refractivity contribution < 1.29 is 14.6 Å². The van der Waals surface area contributed by atoms with E-state index in [0.29, 0.717) is 19.4 Å². The topological polar surface area (TPSA) is 46.5 Å². The highest BCUT2D eigenvalue weighted by molar-refractivity contribution is 5.69. The fraction of sp³-hybridized carbons (Fsp3) is 0.864. The van der Waals surface area contributed by atoms with Crippen molar-refractivity contribution in [2.24, 2.45) is 0 Å². The van der Waals surface area contributed by atoms with Gasteiger partial charge in [0.15, 0.2) is 0 Å². The minimum absolute atomic E-state index is 0.0874. The lowest BCUT2D eigenvalue weighted by Crippen LogP contribution is -2.06. The van der Waals surface area contributed by atoms with Gasteiger partial charge >= 0.3 is 5.97 Å². The van der Waals surface area contributed by atoms with Crippen molar-refractivity contribution in [3.63, 3.8) is 0 Å². The molecule has 148 valence electrons. The SMILES string of the molecule is CCCCCCCC/C=C\CCCCCCCC(=O)OCCCCO. The van der Waals surface area contributed by atoms with Gasteiger partial charge in [-0.25, -0.2) is 0 Å². The first-order valence-electron chi connectivity index (χ1n) is 10.7. The molecule has 0 aliphatic rings. The Morgan fingerprint density at radius 2 is 1.32 bits per heavy atom. The molecule has 0 fully saturated rings. The maximum absolute atomic E-state index is 11.4. The van der Waals surface area contributed by atoms with Crippen molar-refractivity contribution in [3.8, 4) is 0 Å². The average molecular weight is 355 g/mol. The Morgan fingerprint density at radius 3 is 1.92 bits per heavy atom. The van der Waals surface area contributed by atoms with Crippen molar-refractivity contribution in [2.75, 3.05) is 13.2 Å². The molecule has 0 saturated heterocycles. The number of allylic oxidation sites excluding steroid dienone is 2. The van der Waals surface area contributed by atoms with Crippen molar-refractivity contribution in [2.45, 2.75) is 110 Å². The van der Waals surface area contributed by atoms with E-state index in [2.05, 4.69) is 19.1 Å². The van der Waals surface area contributed by atoms with E-state index in [9.17, 15) is 4.79 Å².